The van der Waals surface area contributed by atoms with Crippen LogP contribution < -0.4 is 5.32 Å². The van der Waals surface area contributed by atoms with Crippen molar-refractivity contribution in [3.05, 3.63) is 23.4 Å². The summed E-state index contributed by atoms with van der Waals surface area (Å²) in [5.41, 5.74) is 0. The van der Waals surface area contributed by atoms with Crippen LogP contribution in [0, 0.1) is 6.92 Å². The highest BCUT2D eigenvalue weighted by molar-refractivity contribution is 5.90. The normalized spacial score (nSPS) is 10.9. The van der Waals surface area contributed by atoms with Gasteiger partial charge in [0.15, 0.2) is 5.82 Å². The number of aromatic amines is 1. The van der Waals surface area contributed by atoms with E-state index in [1.807, 2.05) is 13.8 Å². The quantitative estimate of drug-likeness (QED) is 0.818. The van der Waals surface area contributed by atoms with E-state index >= 15 is 0 Å². The van der Waals surface area contributed by atoms with E-state index in [0.717, 1.165) is 0 Å². The summed E-state index contributed by atoms with van der Waals surface area (Å²) >= 11 is 0. The predicted molar refractivity (Wildman–Crippen MR) is 65.5 cm³/mol. The summed E-state index contributed by atoms with van der Waals surface area (Å²) in [5.74, 6) is 1.80. The van der Waals surface area contributed by atoms with Crippen molar-refractivity contribution in [2.24, 2.45) is 0 Å². The van der Waals surface area contributed by atoms with Crippen LogP contribution in [0.2, 0.25) is 0 Å². The topological polar surface area (TPSA) is 110 Å². The number of carbonyl (C=O) groups is 1. The summed E-state index contributed by atoms with van der Waals surface area (Å²) in [4.78, 5) is 19.9. The number of hydrogen-bond donors (Lipinski definition) is 2. The lowest BCUT2D eigenvalue weighted by Crippen LogP contribution is -2.27. The molecule has 2 N–H and O–H groups in total. The Balaban J connectivity index is 1.83. The van der Waals surface area contributed by atoms with Gasteiger partial charge in [0.2, 0.25) is 11.7 Å². The minimum absolute atomic E-state index is 0.146. The van der Waals surface area contributed by atoms with Crippen molar-refractivity contribution in [2.75, 3.05) is 6.54 Å². The summed E-state index contributed by atoms with van der Waals surface area (Å²) in [6.45, 7) is 6.07. The molecule has 1 amide bonds. The van der Waals surface area contributed by atoms with E-state index in [0.29, 0.717) is 30.5 Å². The second-order valence-corrected chi connectivity index (χ2v) is 4.43. The molecule has 2 aromatic heterocycles. The Hall–Kier alpha value is -2.25. The molecule has 0 aliphatic rings. The molecule has 0 aromatic carbocycles. The lowest BCUT2D eigenvalue weighted by Gasteiger charge is -1.99. The first-order chi connectivity index (χ1) is 9.06. The van der Waals surface area contributed by atoms with Crippen LogP contribution in [-0.2, 0) is 6.42 Å². The number of amides is 1. The standard InChI is InChI=1S/C11H16N6O2/c1-6(2)9-14-10(16-15-9)11(18)12-5-4-8-13-7(3)19-17-8/h6H,4-5H2,1-3H3,(H,12,18)(H,14,15,16). The van der Waals surface area contributed by atoms with Gasteiger partial charge in [0.1, 0.15) is 5.82 Å². The molecule has 8 nitrogen and oxygen atoms in total. The second-order valence-electron chi connectivity index (χ2n) is 4.43. The van der Waals surface area contributed by atoms with Crippen molar-refractivity contribution in [3.8, 4) is 0 Å². The maximum absolute atomic E-state index is 11.8. The first-order valence-corrected chi connectivity index (χ1v) is 6.06. The smallest absolute Gasteiger partial charge is 0.290 e. The molecule has 0 saturated carbocycles. The average Bonchev–Trinajstić information content (AvgIpc) is 2.98. The molecule has 0 atom stereocenters. The number of aromatic nitrogens is 5. The molecule has 102 valence electrons. The molecule has 0 saturated heterocycles. The molecule has 8 heteroatoms. The molecular formula is C11H16N6O2. The van der Waals surface area contributed by atoms with Crippen molar-refractivity contribution >= 4 is 5.91 Å². The maximum Gasteiger partial charge on any atom is 0.290 e. The monoisotopic (exact) mass is 264 g/mol. The molecule has 2 rings (SSSR count). The number of aryl methyl sites for hydroxylation is 1. The largest absolute Gasteiger partial charge is 0.349 e. The van der Waals surface area contributed by atoms with Crippen LogP contribution >= 0.6 is 0 Å². The number of hydrogen-bond acceptors (Lipinski definition) is 6. The third kappa shape index (κ3) is 3.36. The maximum atomic E-state index is 11.8. The molecule has 0 bridgehead atoms. The van der Waals surface area contributed by atoms with E-state index in [1.165, 1.54) is 0 Å². The molecule has 0 radical (unpaired) electrons. The lowest BCUT2D eigenvalue weighted by atomic mass is 10.2. The van der Waals surface area contributed by atoms with Gasteiger partial charge in [-0.1, -0.05) is 19.0 Å². The summed E-state index contributed by atoms with van der Waals surface area (Å²) in [5, 5.41) is 13.0. The Morgan fingerprint density at radius 3 is 2.79 bits per heavy atom. The predicted octanol–water partition coefficient (Wildman–Crippen LogP) is 0.592. The van der Waals surface area contributed by atoms with Gasteiger partial charge in [-0.2, -0.15) is 4.98 Å². The number of rotatable bonds is 5. The van der Waals surface area contributed by atoms with Crippen LogP contribution in [0.5, 0.6) is 0 Å². The summed E-state index contributed by atoms with van der Waals surface area (Å²) in [6.07, 6.45) is 0.505. The summed E-state index contributed by atoms with van der Waals surface area (Å²) < 4.78 is 4.83. The fourth-order valence-electron chi connectivity index (χ4n) is 1.44. The molecule has 0 spiro atoms. The van der Waals surface area contributed by atoms with E-state index in [9.17, 15) is 4.79 Å². The van der Waals surface area contributed by atoms with Crippen molar-refractivity contribution in [2.45, 2.75) is 33.1 Å². The van der Waals surface area contributed by atoms with Crippen molar-refractivity contribution < 1.29 is 9.32 Å². The average molecular weight is 264 g/mol. The zero-order valence-corrected chi connectivity index (χ0v) is 11.1. The van der Waals surface area contributed by atoms with Crippen LogP contribution in [0.4, 0.5) is 0 Å². The van der Waals surface area contributed by atoms with Gasteiger partial charge in [0, 0.05) is 25.8 Å². The Morgan fingerprint density at radius 1 is 1.42 bits per heavy atom. The molecule has 0 aliphatic heterocycles. The van der Waals surface area contributed by atoms with Crippen LogP contribution in [0.15, 0.2) is 4.52 Å². The molecule has 2 heterocycles. The third-order valence-corrected chi connectivity index (χ3v) is 2.46. The van der Waals surface area contributed by atoms with Crippen molar-refractivity contribution in [1.82, 2.24) is 30.6 Å². The van der Waals surface area contributed by atoms with E-state index < -0.39 is 0 Å². The highest BCUT2D eigenvalue weighted by atomic mass is 16.5. The van der Waals surface area contributed by atoms with Gasteiger partial charge in [-0.05, 0) is 0 Å². The summed E-state index contributed by atoms with van der Waals surface area (Å²) in [7, 11) is 0. The molecule has 0 aliphatic carbocycles. The van der Waals surface area contributed by atoms with Gasteiger partial charge in [-0.15, -0.1) is 5.10 Å². The SMILES string of the molecule is Cc1nc(CCNC(=O)c2n[nH]c(C(C)C)n2)no1. The number of nitrogens with zero attached hydrogens (tertiary/aromatic N) is 4. The van der Waals surface area contributed by atoms with Crippen LogP contribution in [0.25, 0.3) is 0 Å². The first-order valence-electron chi connectivity index (χ1n) is 6.06. The Morgan fingerprint density at radius 2 is 2.21 bits per heavy atom. The van der Waals surface area contributed by atoms with Gasteiger partial charge >= 0.3 is 0 Å². The van der Waals surface area contributed by atoms with Crippen LogP contribution in [-0.4, -0.2) is 37.8 Å². The lowest BCUT2D eigenvalue weighted by molar-refractivity contribution is 0.0944. The third-order valence-electron chi connectivity index (χ3n) is 2.46. The Bertz CT molecular complexity index is 559. The highest BCUT2D eigenvalue weighted by Gasteiger charge is 2.13. The van der Waals surface area contributed by atoms with Gasteiger partial charge in [0.25, 0.3) is 5.91 Å². The minimum atomic E-state index is -0.316. The summed E-state index contributed by atoms with van der Waals surface area (Å²) in [6, 6.07) is 0. The highest BCUT2D eigenvalue weighted by Crippen LogP contribution is 2.07. The first kappa shape index (κ1) is 13.2. The van der Waals surface area contributed by atoms with Crippen LogP contribution in [0.1, 0.15) is 47.9 Å². The van der Waals surface area contributed by atoms with E-state index in [4.69, 9.17) is 4.52 Å². The van der Waals surface area contributed by atoms with Crippen LogP contribution in [0.3, 0.4) is 0 Å². The fraction of sp³-hybridized carbons (Fsp3) is 0.545. The van der Waals surface area contributed by atoms with Gasteiger partial charge in [-0.25, -0.2) is 4.98 Å². The Labute approximate surface area is 110 Å². The number of carbonyl (C=O) groups excluding carboxylic acids is 1. The van der Waals surface area contributed by atoms with Crippen molar-refractivity contribution in [1.29, 1.82) is 0 Å². The number of H-pyrrole nitrogens is 1. The van der Waals surface area contributed by atoms with E-state index in [2.05, 4.69) is 30.6 Å². The molecule has 2 aromatic rings. The Kier molecular flexibility index (Phi) is 3.88. The number of nitrogens with one attached hydrogen (secondary N) is 2. The fourth-order valence-corrected chi connectivity index (χ4v) is 1.44. The van der Waals surface area contributed by atoms with Crippen molar-refractivity contribution in [3.63, 3.8) is 0 Å². The van der Waals surface area contributed by atoms with Gasteiger partial charge < -0.3 is 9.84 Å². The zero-order chi connectivity index (χ0) is 13.8. The van der Waals surface area contributed by atoms with Gasteiger partial charge in [-0.3, -0.25) is 9.89 Å². The van der Waals surface area contributed by atoms with E-state index in [1.54, 1.807) is 6.92 Å². The molecular weight excluding hydrogens is 248 g/mol. The van der Waals surface area contributed by atoms with Gasteiger partial charge in [0.05, 0.1) is 0 Å². The molecule has 0 unspecified atom stereocenters. The molecule has 0 fully saturated rings. The minimum Gasteiger partial charge on any atom is -0.349 e. The van der Waals surface area contributed by atoms with E-state index in [-0.39, 0.29) is 17.6 Å². The molecule has 19 heavy (non-hydrogen) atoms. The second kappa shape index (κ2) is 5.59. The zero-order valence-electron chi connectivity index (χ0n) is 11.1.